The third-order valence-electron chi connectivity index (χ3n) is 1.81. The van der Waals surface area contributed by atoms with Crippen molar-refractivity contribution in [3.8, 4) is 0 Å². The van der Waals surface area contributed by atoms with Gasteiger partial charge in [0.2, 0.25) is 0 Å². The highest BCUT2D eigenvalue weighted by Crippen LogP contribution is 2.34. The zero-order chi connectivity index (χ0) is 7.68. The Hall–Kier alpha value is -0.640. The molecule has 60 valence electrons. The predicted octanol–water partition coefficient (Wildman–Crippen LogP) is 1.52. The highest BCUT2D eigenvalue weighted by molar-refractivity contribution is 7.80. The van der Waals surface area contributed by atoms with Gasteiger partial charge in [-0.25, -0.2) is 0 Å². The van der Waals surface area contributed by atoms with Crippen LogP contribution in [0, 0.1) is 0 Å². The maximum atomic E-state index is 4.22. The lowest BCUT2D eigenvalue weighted by Gasteiger charge is -1.95. The van der Waals surface area contributed by atoms with Crippen molar-refractivity contribution in [2.45, 2.75) is 18.9 Å². The lowest BCUT2D eigenvalue weighted by atomic mass is 10.6. The van der Waals surface area contributed by atoms with E-state index in [-0.39, 0.29) is 0 Å². The summed E-state index contributed by atoms with van der Waals surface area (Å²) in [6.45, 7) is 0. The summed E-state index contributed by atoms with van der Waals surface area (Å²) in [4.78, 5) is 0. The van der Waals surface area contributed by atoms with Crippen LogP contribution in [0.5, 0.6) is 0 Å². The van der Waals surface area contributed by atoms with E-state index in [2.05, 4.69) is 23.0 Å². The summed E-state index contributed by atoms with van der Waals surface area (Å²) >= 11 is 4.06. The molecule has 3 nitrogen and oxygen atoms in total. The van der Waals surface area contributed by atoms with Gasteiger partial charge in [0.25, 0.3) is 0 Å². The molecule has 1 saturated carbocycles. The topological polar surface area (TPSA) is 29.9 Å². The minimum atomic E-state index is 0.663. The zero-order valence-electron chi connectivity index (χ0n) is 6.20. The summed E-state index contributed by atoms with van der Waals surface area (Å²) in [5, 5.41) is 7.31. The number of hydrogen-bond donors (Lipinski definition) is 2. The molecule has 1 aliphatic rings. The molecule has 0 saturated heterocycles. The summed E-state index contributed by atoms with van der Waals surface area (Å²) in [6.07, 6.45) is 6.44. The number of thiol groups is 1. The van der Waals surface area contributed by atoms with Gasteiger partial charge in [-0.1, -0.05) is 0 Å². The summed E-state index contributed by atoms with van der Waals surface area (Å²) in [7, 11) is 0. The van der Waals surface area contributed by atoms with E-state index in [0.717, 1.165) is 5.69 Å². The molecular formula is C7H11N3S. The molecule has 1 fully saturated rings. The Bertz CT molecular complexity index is 242. The molecular weight excluding hydrogens is 158 g/mol. The van der Waals surface area contributed by atoms with Gasteiger partial charge in [-0.15, -0.1) is 0 Å². The quantitative estimate of drug-likeness (QED) is 0.530. The first-order valence-electron chi connectivity index (χ1n) is 3.79. The van der Waals surface area contributed by atoms with Crippen molar-refractivity contribution in [1.82, 2.24) is 9.78 Å². The molecule has 0 radical (unpaired) electrons. The van der Waals surface area contributed by atoms with Crippen LogP contribution in [0.3, 0.4) is 0 Å². The van der Waals surface area contributed by atoms with Crippen LogP contribution >= 0.6 is 12.6 Å². The smallest absolute Gasteiger partial charge is 0.0733 e. The van der Waals surface area contributed by atoms with Crippen molar-refractivity contribution in [3.63, 3.8) is 0 Å². The van der Waals surface area contributed by atoms with Gasteiger partial charge < -0.3 is 5.32 Å². The van der Waals surface area contributed by atoms with Crippen molar-refractivity contribution in [3.05, 3.63) is 12.4 Å². The summed E-state index contributed by atoms with van der Waals surface area (Å²) in [5.74, 6) is 0.663. The Morgan fingerprint density at radius 1 is 1.73 bits per heavy atom. The molecule has 4 heteroatoms. The Labute approximate surface area is 71.2 Å². The number of hydrogen-bond acceptors (Lipinski definition) is 3. The van der Waals surface area contributed by atoms with Crippen LogP contribution in [0.1, 0.15) is 18.9 Å². The molecule has 0 amide bonds. The van der Waals surface area contributed by atoms with E-state index in [1.54, 1.807) is 0 Å². The Morgan fingerprint density at radius 2 is 2.55 bits per heavy atom. The Kier molecular flexibility index (Phi) is 1.77. The summed E-state index contributed by atoms with van der Waals surface area (Å²) in [6, 6.07) is 0.672. The molecule has 1 aromatic heterocycles. The second-order valence-corrected chi connectivity index (χ2v) is 3.09. The van der Waals surface area contributed by atoms with Crippen LogP contribution in [0.15, 0.2) is 12.4 Å². The van der Waals surface area contributed by atoms with E-state index >= 15 is 0 Å². The number of aromatic nitrogens is 2. The molecule has 0 atom stereocenters. The van der Waals surface area contributed by atoms with Crippen LogP contribution in [0.4, 0.5) is 5.69 Å². The van der Waals surface area contributed by atoms with Crippen molar-refractivity contribution < 1.29 is 0 Å². The molecule has 1 N–H and O–H groups in total. The van der Waals surface area contributed by atoms with Crippen molar-refractivity contribution in [1.29, 1.82) is 0 Å². The van der Waals surface area contributed by atoms with Gasteiger partial charge in [0, 0.05) is 6.20 Å². The van der Waals surface area contributed by atoms with Gasteiger partial charge in [-0.3, -0.25) is 4.68 Å². The SMILES string of the molecule is SCNc1cnn(C2CC2)c1. The third kappa shape index (κ3) is 1.50. The monoisotopic (exact) mass is 169 g/mol. The molecule has 0 aromatic carbocycles. The van der Waals surface area contributed by atoms with Crippen LogP contribution < -0.4 is 5.32 Å². The highest BCUT2D eigenvalue weighted by Gasteiger charge is 2.23. The molecule has 0 unspecified atom stereocenters. The second kappa shape index (κ2) is 2.77. The number of rotatable bonds is 3. The number of nitrogens with one attached hydrogen (secondary N) is 1. The first-order valence-corrected chi connectivity index (χ1v) is 4.42. The average molecular weight is 169 g/mol. The minimum Gasteiger partial charge on any atom is -0.374 e. The van der Waals surface area contributed by atoms with Gasteiger partial charge in [-0.2, -0.15) is 17.7 Å². The maximum Gasteiger partial charge on any atom is 0.0733 e. The predicted molar refractivity (Wildman–Crippen MR) is 48.0 cm³/mol. The molecule has 0 bridgehead atoms. The largest absolute Gasteiger partial charge is 0.374 e. The van der Waals surface area contributed by atoms with Gasteiger partial charge in [0.1, 0.15) is 0 Å². The van der Waals surface area contributed by atoms with Crippen molar-refractivity contribution in [2.75, 3.05) is 11.2 Å². The molecule has 1 heterocycles. The van der Waals surface area contributed by atoms with E-state index in [9.17, 15) is 0 Å². The highest BCUT2D eigenvalue weighted by atomic mass is 32.1. The average Bonchev–Trinajstić information content (AvgIpc) is 2.75. The molecule has 2 rings (SSSR count). The summed E-state index contributed by atoms with van der Waals surface area (Å²) < 4.78 is 2.02. The van der Waals surface area contributed by atoms with Crippen LogP contribution in [0.25, 0.3) is 0 Å². The Morgan fingerprint density at radius 3 is 3.18 bits per heavy atom. The lowest BCUT2D eigenvalue weighted by molar-refractivity contribution is 0.642. The fraction of sp³-hybridized carbons (Fsp3) is 0.571. The molecule has 0 spiro atoms. The summed E-state index contributed by atoms with van der Waals surface area (Å²) in [5.41, 5.74) is 1.06. The molecule has 11 heavy (non-hydrogen) atoms. The fourth-order valence-corrected chi connectivity index (χ4v) is 1.24. The van der Waals surface area contributed by atoms with E-state index in [0.29, 0.717) is 11.9 Å². The first-order chi connectivity index (χ1) is 5.40. The van der Waals surface area contributed by atoms with Crippen LogP contribution in [0.2, 0.25) is 0 Å². The maximum absolute atomic E-state index is 4.22. The van der Waals surface area contributed by atoms with Gasteiger partial charge in [0.15, 0.2) is 0 Å². The normalized spacial score (nSPS) is 16.8. The van der Waals surface area contributed by atoms with Crippen molar-refractivity contribution >= 4 is 18.3 Å². The molecule has 1 aliphatic carbocycles. The van der Waals surface area contributed by atoms with E-state index in [1.807, 2.05) is 17.1 Å². The van der Waals surface area contributed by atoms with Gasteiger partial charge >= 0.3 is 0 Å². The second-order valence-electron chi connectivity index (χ2n) is 2.78. The standard InChI is InChI=1S/C7H11N3S/c11-5-8-6-3-9-10(4-6)7-1-2-7/h3-4,7-8,11H,1-2,5H2. The van der Waals surface area contributed by atoms with Gasteiger partial charge in [-0.05, 0) is 12.8 Å². The number of anilines is 1. The minimum absolute atomic E-state index is 0.663. The molecule has 1 aromatic rings. The van der Waals surface area contributed by atoms with Crippen molar-refractivity contribution in [2.24, 2.45) is 0 Å². The van der Waals surface area contributed by atoms with E-state index in [4.69, 9.17) is 0 Å². The first kappa shape index (κ1) is 7.03. The molecule has 0 aliphatic heterocycles. The van der Waals surface area contributed by atoms with Crippen LogP contribution in [-0.4, -0.2) is 15.7 Å². The van der Waals surface area contributed by atoms with E-state index in [1.165, 1.54) is 12.8 Å². The number of nitrogens with zero attached hydrogens (tertiary/aromatic N) is 2. The van der Waals surface area contributed by atoms with Crippen LogP contribution in [-0.2, 0) is 0 Å². The van der Waals surface area contributed by atoms with E-state index < -0.39 is 0 Å². The Balaban J connectivity index is 2.06. The third-order valence-corrected chi connectivity index (χ3v) is 1.96. The van der Waals surface area contributed by atoms with Gasteiger partial charge in [0.05, 0.1) is 23.8 Å². The zero-order valence-corrected chi connectivity index (χ0v) is 7.09. The lowest BCUT2D eigenvalue weighted by Crippen LogP contribution is -1.94. The fourth-order valence-electron chi connectivity index (χ4n) is 1.06.